The van der Waals surface area contributed by atoms with E-state index in [-0.39, 0.29) is 17.4 Å². The van der Waals surface area contributed by atoms with Gasteiger partial charge in [-0.15, -0.1) is 0 Å². The van der Waals surface area contributed by atoms with Crippen LogP contribution in [0.3, 0.4) is 0 Å². The zero-order chi connectivity index (χ0) is 20.3. The Labute approximate surface area is 180 Å². The number of fused-ring (bicyclic) bond motifs is 2. The summed E-state index contributed by atoms with van der Waals surface area (Å²) in [7, 11) is 0. The third-order valence-corrected chi connectivity index (χ3v) is 6.54. The van der Waals surface area contributed by atoms with Gasteiger partial charge in [0.25, 0.3) is 0 Å². The van der Waals surface area contributed by atoms with Crippen molar-refractivity contribution in [2.45, 2.75) is 17.8 Å². The van der Waals surface area contributed by atoms with Gasteiger partial charge < -0.3 is 5.11 Å². The van der Waals surface area contributed by atoms with Crippen LogP contribution in [-0.2, 0) is 10.2 Å². The first-order valence-corrected chi connectivity index (χ1v) is 10.3. The van der Waals surface area contributed by atoms with Crippen molar-refractivity contribution >= 4 is 50.8 Å². The summed E-state index contributed by atoms with van der Waals surface area (Å²) in [6, 6.07) is 20.2. The maximum Gasteiger partial charge on any atom is 0.335 e. The Kier molecular flexibility index (Phi) is 4.09. The standard InChI is InChI=1S/C23H15BrClNO3/c24-15-9-14(21(27)28)10-17(11-15)26-20-4-2-1-3-18(20)23(22(26)29)12-19(23)13-5-7-16(25)8-6-13/h1-11,19H,12H2,(H,27,28)/t19-,23+/m1/s1. The van der Waals surface area contributed by atoms with Gasteiger partial charge in [0, 0.05) is 15.4 Å². The summed E-state index contributed by atoms with van der Waals surface area (Å²) in [5.74, 6) is -0.981. The van der Waals surface area contributed by atoms with E-state index in [1.54, 1.807) is 17.0 Å². The predicted molar refractivity (Wildman–Crippen MR) is 115 cm³/mol. The molecule has 5 rings (SSSR count). The molecule has 3 aromatic rings. The summed E-state index contributed by atoms with van der Waals surface area (Å²) < 4.78 is 0.615. The molecule has 0 saturated heterocycles. The minimum Gasteiger partial charge on any atom is -0.478 e. The predicted octanol–water partition coefficient (Wildman–Crippen LogP) is 5.90. The Hall–Kier alpha value is -2.63. The number of hydrogen-bond donors (Lipinski definition) is 1. The lowest BCUT2D eigenvalue weighted by Crippen LogP contribution is -2.29. The molecule has 0 unspecified atom stereocenters. The van der Waals surface area contributed by atoms with Crippen molar-refractivity contribution in [3.63, 3.8) is 0 Å². The Morgan fingerprint density at radius 3 is 2.55 bits per heavy atom. The highest BCUT2D eigenvalue weighted by Gasteiger charge is 2.67. The monoisotopic (exact) mass is 467 g/mol. The molecule has 1 spiro atoms. The van der Waals surface area contributed by atoms with Crippen LogP contribution in [0.25, 0.3) is 0 Å². The van der Waals surface area contributed by atoms with Crippen LogP contribution in [0.2, 0.25) is 5.02 Å². The van der Waals surface area contributed by atoms with E-state index >= 15 is 0 Å². The van der Waals surface area contributed by atoms with E-state index in [1.165, 1.54) is 6.07 Å². The van der Waals surface area contributed by atoms with Gasteiger partial charge in [0.2, 0.25) is 5.91 Å². The van der Waals surface area contributed by atoms with Crippen molar-refractivity contribution < 1.29 is 14.7 Å². The third kappa shape index (κ3) is 2.72. The van der Waals surface area contributed by atoms with Crippen LogP contribution < -0.4 is 4.90 Å². The molecule has 1 amide bonds. The Morgan fingerprint density at radius 1 is 1.10 bits per heavy atom. The summed E-state index contributed by atoms with van der Waals surface area (Å²) in [5.41, 5.74) is 2.94. The molecule has 1 heterocycles. The first-order valence-electron chi connectivity index (χ1n) is 9.15. The van der Waals surface area contributed by atoms with Gasteiger partial charge >= 0.3 is 5.97 Å². The summed E-state index contributed by atoms with van der Waals surface area (Å²) >= 11 is 9.40. The average Bonchev–Trinajstić information content (AvgIpc) is 3.39. The normalized spacial score (nSPS) is 22.1. The summed E-state index contributed by atoms with van der Waals surface area (Å²) in [6.45, 7) is 0. The van der Waals surface area contributed by atoms with Crippen LogP contribution >= 0.6 is 27.5 Å². The number of benzene rings is 3. The molecule has 0 radical (unpaired) electrons. The van der Waals surface area contributed by atoms with Crippen molar-refractivity contribution in [3.8, 4) is 0 Å². The molecule has 1 fully saturated rings. The maximum absolute atomic E-state index is 13.7. The van der Waals surface area contributed by atoms with E-state index in [9.17, 15) is 14.7 Å². The molecular formula is C23H15BrClNO3. The van der Waals surface area contributed by atoms with Gasteiger partial charge in [0.15, 0.2) is 0 Å². The van der Waals surface area contributed by atoms with E-state index in [2.05, 4.69) is 15.9 Å². The first-order chi connectivity index (χ1) is 13.9. The van der Waals surface area contributed by atoms with Crippen LogP contribution in [-0.4, -0.2) is 17.0 Å². The number of para-hydroxylation sites is 1. The summed E-state index contributed by atoms with van der Waals surface area (Å²) in [5, 5.41) is 10.1. The van der Waals surface area contributed by atoms with Crippen molar-refractivity contribution in [2.75, 3.05) is 4.90 Å². The second-order valence-corrected chi connectivity index (χ2v) is 8.79. The minimum atomic E-state index is -1.03. The zero-order valence-corrected chi connectivity index (χ0v) is 17.4. The van der Waals surface area contributed by atoms with Gasteiger partial charge in [-0.3, -0.25) is 9.69 Å². The van der Waals surface area contributed by atoms with Crippen LogP contribution in [0.5, 0.6) is 0 Å². The van der Waals surface area contributed by atoms with Crippen molar-refractivity contribution in [3.05, 3.63) is 92.9 Å². The number of hydrogen-bond acceptors (Lipinski definition) is 2. The molecule has 29 heavy (non-hydrogen) atoms. The Balaban J connectivity index is 1.63. The molecule has 1 saturated carbocycles. The van der Waals surface area contributed by atoms with E-state index < -0.39 is 11.4 Å². The molecule has 6 heteroatoms. The number of carboxylic acids is 1. The molecule has 4 nitrogen and oxygen atoms in total. The molecule has 3 aromatic carbocycles. The highest BCUT2D eigenvalue weighted by molar-refractivity contribution is 9.10. The third-order valence-electron chi connectivity index (χ3n) is 5.83. The molecule has 0 aromatic heterocycles. The number of anilines is 2. The average molecular weight is 469 g/mol. The number of carbonyl (C=O) groups excluding carboxylic acids is 1. The largest absolute Gasteiger partial charge is 0.478 e. The van der Waals surface area contributed by atoms with Crippen molar-refractivity contribution in [1.29, 1.82) is 0 Å². The van der Waals surface area contributed by atoms with E-state index in [0.29, 0.717) is 15.2 Å². The topological polar surface area (TPSA) is 57.6 Å². The molecule has 1 N–H and O–H groups in total. The molecule has 2 aliphatic rings. The number of amides is 1. The van der Waals surface area contributed by atoms with Crippen molar-refractivity contribution in [2.24, 2.45) is 0 Å². The minimum absolute atomic E-state index is 0.0203. The fraction of sp³-hybridized carbons (Fsp3) is 0.130. The number of aromatic carboxylic acids is 1. The van der Waals surface area contributed by atoms with Crippen LogP contribution in [0.15, 0.2) is 71.2 Å². The van der Waals surface area contributed by atoms with E-state index in [1.807, 2.05) is 48.5 Å². The lowest BCUT2D eigenvalue weighted by Gasteiger charge is -2.19. The summed E-state index contributed by atoms with van der Waals surface area (Å²) in [4.78, 5) is 26.9. The molecule has 0 bridgehead atoms. The highest BCUT2D eigenvalue weighted by Crippen LogP contribution is 2.67. The second kappa shape index (κ2) is 6.44. The van der Waals surface area contributed by atoms with E-state index in [4.69, 9.17) is 11.6 Å². The molecule has 1 aliphatic heterocycles. The van der Waals surface area contributed by atoms with Gasteiger partial charge in [0.1, 0.15) is 0 Å². The second-order valence-electron chi connectivity index (χ2n) is 7.44. The molecule has 1 aliphatic carbocycles. The highest BCUT2D eigenvalue weighted by atomic mass is 79.9. The van der Waals surface area contributed by atoms with Crippen LogP contribution in [0.4, 0.5) is 11.4 Å². The van der Waals surface area contributed by atoms with Gasteiger partial charge in [0.05, 0.1) is 22.4 Å². The number of carboxylic acid groups (broad SMARTS) is 1. The van der Waals surface area contributed by atoms with E-state index in [0.717, 1.165) is 23.2 Å². The smallest absolute Gasteiger partial charge is 0.335 e. The fourth-order valence-electron chi connectivity index (χ4n) is 4.45. The Morgan fingerprint density at radius 2 is 1.83 bits per heavy atom. The lowest BCUT2D eigenvalue weighted by atomic mass is 9.92. The zero-order valence-electron chi connectivity index (χ0n) is 15.1. The first kappa shape index (κ1) is 18.4. The SMILES string of the molecule is O=C(O)c1cc(Br)cc(N2C(=O)[C@@]3(C[C@@H]3c3ccc(Cl)cc3)c3ccccc32)c1. The number of carbonyl (C=O) groups is 2. The lowest BCUT2D eigenvalue weighted by molar-refractivity contribution is -0.119. The van der Waals surface area contributed by atoms with Gasteiger partial charge in [-0.25, -0.2) is 4.79 Å². The van der Waals surface area contributed by atoms with Gasteiger partial charge in [-0.05, 0) is 53.9 Å². The molecule has 144 valence electrons. The van der Waals surface area contributed by atoms with Crippen LogP contribution in [0.1, 0.15) is 33.8 Å². The number of halogens is 2. The molecule has 2 atom stereocenters. The number of rotatable bonds is 3. The Bertz CT molecular complexity index is 1180. The van der Waals surface area contributed by atoms with Crippen molar-refractivity contribution in [1.82, 2.24) is 0 Å². The quantitative estimate of drug-likeness (QED) is 0.520. The molecular weight excluding hydrogens is 454 g/mol. The number of nitrogens with zero attached hydrogens (tertiary/aromatic N) is 1. The fourth-order valence-corrected chi connectivity index (χ4v) is 5.05. The van der Waals surface area contributed by atoms with Gasteiger partial charge in [-0.2, -0.15) is 0 Å². The maximum atomic E-state index is 13.7. The van der Waals surface area contributed by atoms with Crippen LogP contribution in [0, 0.1) is 0 Å². The van der Waals surface area contributed by atoms with Gasteiger partial charge in [-0.1, -0.05) is 57.9 Å². The summed E-state index contributed by atoms with van der Waals surface area (Å²) in [6.07, 6.45) is 0.723.